The van der Waals surface area contributed by atoms with Gasteiger partial charge in [0.05, 0.1) is 5.69 Å². The molecule has 112 valence electrons. The zero-order valence-electron chi connectivity index (χ0n) is 12.4. The Morgan fingerprint density at radius 1 is 1.29 bits per heavy atom. The summed E-state index contributed by atoms with van der Waals surface area (Å²) in [5, 5.41) is 0. The van der Waals surface area contributed by atoms with Crippen LogP contribution in [-0.4, -0.2) is 16.3 Å². The molecule has 0 spiro atoms. The van der Waals surface area contributed by atoms with Gasteiger partial charge in [0.25, 0.3) is 0 Å². The lowest BCUT2D eigenvalue weighted by molar-refractivity contribution is 0.0540. The van der Waals surface area contributed by atoms with Gasteiger partial charge in [-0.3, -0.25) is 4.57 Å². The second kappa shape index (κ2) is 5.64. The molecular weight excluding hydrogens is 337 g/mol. The molecule has 1 aromatic heterocycles. The van der Waals surface area contributed by atoms with Crippen LogP contribution in [0.2, 0.25) is 0 Å². The Balaban J connectivity index is 2.51. The number of halogens is 2. The van der Waals surface area contributed by atoms with Crippen LogP contribution >= 0.6 is 15.9 Å². The van der Waals surface area contributed by atoms with E-state index in [-0.39, 0.29) is 5.82 Å². The highest BCUT2D eigenvalue weighted by Crippen LogP contribution is 2.29. The fraction of sp³-hybridized carbons (Fsp3) is 0.312. The number of carbonyl (C=O) groups is 1. The second-order valence-corrected chi connectivity index (χ2v) is 6.77. The van der Waals surface area contributed by atoms with E-state index < -0.39 is 11.7 Å². The van der Waals surface area contributed by atoms with Gasteiger partial charge in [-0.2, -0.15) is 0 Å². The minimum absolute atomic E-state index is 0.344. The molecule has 0 amide bonds. The lowest BCUT2D eigenvalue weighted by Crippen LogP contribution is -2.27. The van der Waals surface area contributed by atoms with Crippen LogP contribution in [0.4, 0.5) is 9.18 Å². The Labute approximate surface area is 131 Å². The van der Waals surface area contributed by atoms with Gasteiger partial charge >= 0.3 is 6.09 Å². The standard InChI is InChI=1S/C16H17BrFNO2/c1-10-5-6-12(18)8-13(10)14-7-11(17)9-19(14)15(20)21-16(2,3)4/h5-9H,1-4H3. The Morgan fingerprint density at radius 3 is 2.57 bits per heavy atom. The molecule has 0 aliphatic heterocycles. The van der Waals surface area contributed by atoms with E-state index in [1.165, 1.54) is 16.7 Å². The molecule has 0 aliphatic carbocycles. The van der Waals surface area contributed by atoms with Crippen molar-refractivity contribution in [2.45, 2.75) is 33.3 Å². The van der Waals surface area contributed by atoms with Gasteiger partial charge in [0.2, 0.25) is 0 Å². The highest BCUT2D eigenvalue weighted by Gasteiger charge is 2.21. The number of ether oxygens (including phenoxy) is 1. The molecule has 21 heavy (non-hydrogen) atoms. The third-order valence-electron chi connectivity index (χ3n) is 2.85. The number of benzene rings is 1. The molecule has 2 rings (SSSR count). The monoisotopic (exact) mass is 353 g/mol. The number of nitrogens with zero attached hydrogens (tertiary/aromatic N) is 1. The minimum atomic E-state index is -0.595. The molecule has 5 heteroatoms. The molecule has 1 heterocycles. The van der Waals surface area contributed by atoms with Crippen molar-refractivity contribution in [1.29, 1.82) is 0 Å². The summed E-state index contributed by atoms with van der Waals surface area (Å²) in [6.07, 6.45) is 1.13. The lowest BCUT2D eigenvalue weighted by atomic mass is 10.1. The zero-order valence-corrected chi connectivity index (χ0v) is 14.0. The summed E-state index contributed by atoms with van der Waals surface area (Å²) in [4.78, 5) is 12.3. The lowest BCUT2D eigenvalue weighted by Gasteiger charge is -2.20. The number of carbonyl (C=O) groups excluding carboxylic acids is 1. The second-order valence-electron chi connectivity index (χ2n) is 5.85. The number of hydrogen-bond acceptors (Lipinski definition) is 2. The first-order valence-corrected chi connectivity index (χ1v) is 7.34. The summed E-state index contributed by atoms with van der Waals surface area (Å²) in [6, 6.07) is 6.27. The van der Waals surface area contributed by atoms with Crippen molar-refractivity contribution in [3.05, 3.63) is 46.3 Å². The third kappa shape index (κ3) is 3.73. The fourth-order valence-electron chi connectivity index (χ4n) is 1.97. The summed E-state index contributed by atoms with van der Waals surface area (Å²) in [7, 11) is 0. The van der Waals surface area contributed by atoms with Crippen LogP contribution in [0.1, 0.15) is 26.3 Å². The molecule has 0 N–H and O–H groups in total. The van der Waals surface area contributed by atoms with E-state index in [1.54, 1.807) is 39.1 Å². The van der Waals surface area contributed by atoms with E-state index >= 15 is 0 Å². The van der Waals surface area contributed by atoms with Crippen LogP contribution in [0.5, 0.6) is 0 Å². The van der Waals surface area contributed by atoms with Crippen molar-refractivity contribution < 1.29 is 13.9 Å². The van der Waals surface area contributed by atoms with Gasteiger partial charge in [0.15, 0.2) is 0 Å². The van der Waals surface area contributed by atoms with E-state index in [2.05, 4.69) is 15.9 Å². The first-order valence-electron chi connectivity index (χ1n) is 6.55. The first kappa shape index (κ1) is 15.8. The van der Waals surface area contributed by atoms with E-state index in [0.717, 1.165) is 10.0 Å². The zero-order chi connectivity index (χ0) is 15.8. The predicted octanol–water partition coefficient (Wildman–Crippen LogP) is 5.15. The number of hydrogen-bond donors (Lipinski definition) is 0. The van der Waals surface area contributed by atoms with Crippen molar-refractivity contribution in [2.24, 2.45) is 0 Å². The van der Waals surface area contributed by atoms with Crippen LogP contribution in [-0.2, 0) is 4.74 Å². The topological polar surface area (TPSA) is 31.2 Å². The van der Waals surface area contributed by atoms with Crippen LogP contribution < -0.4 is 0 Å². The Kier molecular flexibility index (Phi) is 4.23. The summed E-state index contributed by atoms with van der Waals surface area (Å²) in [6.45, 7) is 7.28. The predicted molar refractivity (Wildman–Crippen MR) is 83.9 cm³/mol. The molecule has 0 fully saturated rings. The average Bonchev–Trinajstić information content (AvgIpc) is 2.72. The molecule has 2 aromatic rings. The quantitative estimate of drug-likeness (QED) is 0.709. The molecule has 1 aromatic carbocycles. The summed E-state index contributed by atoms with van der Waals surface area (Å²) < 4.78 is 21.0. The number of aromatic nitrogens is 1. The van der Waals surface area contributed by atoms with Gasteiger partial charge in [-0.05, 0) is 67.4 Å². The molecule has 0 bridgehead atoms. The maximum absolute atomic E-state index is 13.5. The maximum atomic E-state index is 13.5. The molecule has 0 radical (unpaired) electrons. The van der Waals surface area contributed by atoms with Crippen molar-refractivity contribution >= 4 is 22.0 Å². The fourth-order valence-corrected chi connectivity index (χ4v) is 2.39. The van der Waals surface area contributed by atoms with Gasteiger partial charge in [0, 0.05) is 16.2 Å². The van der Waals surface area contributed by atoms with Crippen molar-refractivity contribution in [3.8, 4) is 11.3 Å². The molecule has 0 atom stereocenters. The average molecular weight is 354 g/mol. The smallest absolute Gasteiger partial charge is 0.419 e. The Morgan fingerprint density at radius 2 is 1.95 bits per heavy atom. The van der Waals surface area contributed by atoms with E-state index in [0.29, 0.717) is 11.3 Å². The van der Waals surface area contributed by atoms with E-state index in [9.17, 15) is 9.18 Å². The molecular formula is C16H17BrFNO2. The first-order chi connectivity index (χ1) is 9.67. The summed E-state index contributed by atoms with van der Waals surface area (Å²) >= 11 is 3.35. The Hall–Kier alpha value is -1.62. The van der Waals surface area contributed by atoms with Crippen molar-refractivity contribution in [1.82, 2.24) is 4.57 Å². The molecule has 0 saturated heterocycles. The number of aryl methyl sites for hydroxylation is 1. The largest absolute Gasteiger partial charge is 0.443 e. The molecule has 3 nitrogen and oxygen atoms in total. The van der Waals surface area contributed by atoms with E-state index in [1.807, 2.05) is 6.92 Å². The van der Waals surface area contributed by atoms with Gasteiger partial charge in [0.1, 0.15) is 11.4 Å². The van der Waals surface area contributed by atoms with Crippen LogP contribution in [0, 0.1) is 12.7 Å². The maximum Gasteiger partial charge on any atom is 0.419 e. The molecule has 0 saturated carbocycles. The highest BCUT2D eigenvalue weighted by molar-refractivity contribution is 9.10. The number of rotatable bonds is 1. The minimum Gasteiger partial charge on any atom is -0.443 e. The van der Waals surface area contributed by atoms with Gasteiger partial charge < -0.3 is 4.74 Å². The third-order valence-corrected chi connectivity index (χ3v) is 3.29. The normalized spacial score (nSPS) is 11.5. The van der Waals surface area contributed by atoms with Gasteiger partial charge in [-0.1, -0.05) is 6.07 Å². The van der Waals surface area contributed by atoms with Gasteiger partial charge in [-0.15, -0.1) is 0 Å². The summed E-state index contributed by atoms with van der Waals surface area (Å²) in [5.41, 5.74) is 1.54. The molecule has 0 aliphatic rings. The van der Waals surface area contributed by atoms with Gasteiger partial charge in [-0.25, -0.2) is 9.18 Å². The Bertz CT molecular complexity index is 686. The SMILES string of the molecule is Cc1ccc(F)cc1-c1cc(Br)cn1C(=O)OC(C)(C)C. The van der Waals surface area contributed by atoms with Crippen molar-refractivity contribution in [2.75, 3.05) is 0 Å². The van der Waals surface area contributed by atoms with Crippen LogP contribution in [0.25, 0.3) is 11.3 Å². The van der Waals surface area contributed by atoms with Crippen LogP contribution in [0.15, 0.2) is 34.9 Å². The van der Waals surface area contributed by atoms with E-state index in [4.69, 9.17) is 4.74 Å². The highest BCUT2D eigenvalue weighted by atomic mass is 79.9. The molecule has 0 unspecified atom stereocenters. The van der Waals surface area contributed by atoms with Crippen LogP contribution in [0.3, 0.4) is 0 Å². The summed E-state index contributed by atoms with van der Waals surface area (Å²) in [5.74, 6) is -0.344. The van der Waals surface area contributed by atoms with Crippen molar-refractivity contribution in [3.63, 3.8) is 0 Å².